The van der Waals surface area contributed by atoms with Crippen molar-refractivity contribution in [2.75, 3.05) is 0 Å². The molecule has 0 saturated carbocycles. The number of alkyl halides is 1. The van der Waals surface area contributed by atoms with E-state index in [4.69, 9.17) is 13.5 Å². The molecule has 2 aromatic carbocycles. The van der Waals surface area contributed by atoms with E-state index < -0.39 is 37.5 Å². The molecule has 1 unspecified atom stereocenters. The molecule has 3 nitrogen and oxygen atoms in total. The molecule has 0 amide bonds. The summed E-state index contributed by atoms with van der Waals surface area (Å²) in [6, 6.07) is 9.51. The number of halogens is 2. The predicted octanol–water partition coefficient (Wildman–Crippen LogP) is 0.400. The second-order valence-corrected chi connectivity index (χ2v) is 9.80. The molecule has 24 heavy (non-hydrogen) atoms. The van der Waals surface area contributed by atoms with E-state index >= 15 is 0 Å². The first-order valence-corrected chi connectivity index (χ1v) is 10.3. The SMILES string of the molecule is CC1(C)OB2OC1(C)[I-]C#Cc1cccc3cc(OSF)cc2c13. The first-order chi connectivity index (χ1) is 11.4. The number of hydrogen-bond donors (Lipinski definition) is 0. The van der Waals surface area contributed by atoms with Gasteiger partial charge in [-0.3, -0.25) is 0 Å². The van der Waals surface area contributed by atoms with Gasteiger partial charge in [-0.25, -0.2) is 0 Å². The van der Waals surface area contributed by atoms with Crippen LogP contribution in [0, 0.1) is 9.85 Å². The number of benzene rings is 2. The van der Waals surface area contributed by atoms with E-state index in [1.807, 2.05) is 38.1 Å². The van der Waals surface area contributed by atoms with Crippen molar-refractivity contribution in [2.24, 2.45) is 0 Å². The summed E-state index contributed by atoms with van der Waals surface area (Å²) >= 11 is -0.720. The van der Waals surface area contributed by atoms with Gasteiger partial charge in [0.15, 0.2) is 0 Å². The van der Waals surface area contributed by atoms with Gasteiger partial charge in [0.25, 0.3) is 0 Å². The number of fused-ring (bicyclic) bond motifs is 3. The molecule has 2 aromatic rings. The van der Waals surface area contributed by atoms with Gasteiger partial charge in [-0.15, -0.1) is 0 Å². The molecule has 1 atom stereocenters. The third-order valence-corrected chi connectivity index (χ3v) is 7.95. The van der Waals surface area contributed by atoms with Crippen LogP contribution in [0.2, 0.25) is 0 Å². The Balaban J connectivity index is 2.00. The maximum absolute atomic E-state index is 12.6. The Labute approximate surface area is 155 Å². The summed E-state index contributed by atoms with van der Waals surface area (Å²) in [6.07, 6.45) is 0. The topological polar surface area (TPSA) is 27.7 Å². The van der Waals surface area contributed by atoms with Crippen LogP contribution in [-0.4, -0.2) is 16.3 Å². The Bertz CT molecular complexity index is 895. The van der Waals surface area contributed by atoms with Crippen molar-refractivity contribution in [3.63, 3.8) is 0 Å². The first kappa shape index (κ1) is 16.5. The van der Waals surface area contributed by atoms with Crippen molar-refractivity contribution in [1.82, 2.24) is 0 Å². The Morgan fingerprint density at radius 1 is 1.25 bits per heavy atom. The summed E-state index contributed by atoms with van der Waals surface area (Å²) in [7, 11) is -0.525. The van der Waals surface area contributed by atoms with Gasteiger partial charge in [0.1, 0.15) is 0 Å². The van der Waals surface area contributed by atoms with Crippen LogP contribution in [0.15, 0.2) is 30.3 Å². The van der Waals surface area contributed by atoms with Gasteiger partial charge < -0.3 is 0 Å². The molecule has 2 bridgehead atoms. The maximum atomic E-state index is 12.6. The van der Waals surface area contributed by atoms with Crippen LogP contribution in [0.3, 0.4) is 0 Å². The van der Waals surface area contributed by atoms with Crippen LogP contribution in [0.5, 0.6) is 5.75 Å². The summed E-state index contributed by atoms with van der Waals surface area (Å²) < 4.78 is 33.1. The second kappa shape index (κ2) is 5.80. The van der Waals surface area contributed by atoms with Crippen molar-refractivity contribution in [3.05, 3.63) is 35.9 Å². The molecule has 0 spiro atoms. The molecule has 124 valence electrons. The van der Waals surface area contributed by atoms with Crippen LogP contribution in [0.1, 0.15) is 26.3 Å². The van der Waals surface area contributed by atoms with Crippen LogP contribution < -0.4 is 30.9 Å². The first-order valence-electron chi connectivity index (χ1n) is 7.47. The Morgan fingerprint density at radius 2 is 2.08 bits per heavy atom. The molecule has 0 N–H and O–H groups in total. The third kappa shape index (κ3) is 2.51. The van der Waals surface area contributed by atoms with Crippen molar-refractivity contribution in [2.45, 2.75) is 30.0 Å². The average Bonchev–Trinajstić information content (AvgIpc) is 2.79. The van der Waals surface area contributed by atoms with E-state index in [1.165, 1.54) is 0 Å². The van der Waals surface area contributed by atoms with Crippen LogP contribution >= 0.6 is 12.4 Å². The zero-order chi connectivity index (χ0) is 16.9. The van der Waals surface area contributed by atoms with E-state index in [2.05, 4.69) is 16.8 Å². The van der Waals surface area contributed by atoms with Crippen molar-refractivity contribution in [1.29, 1.82) is 0 Å². The molecule has 2 aliphatic heterocycles. The fourth-order valence-corrected chi connectivity index (χ4v) is 5.22. The molecule has 2 heterocycles. The number of rotatable bonds is 2. The van der Waals surface area contributed by atoms with E-state index in [0.29, 0.717) is 5.75 Å². The summed E-state index contributed by atoms with van der Waals surface area (Å²) in [4.78, 5) is 0. The minimum atomic E-state index is -0.552. The molecule has 0 aromatic heterocycles. The third-order valence-electron chi connectivity index (χ3n) is 4.58. The van der Waals surface area contributed by atoms with Gasteiger partial charge in [0, 0.05) is 0 Å². The molecule has 0 aliphatic carbocycles. The number of hydrogen-bond acceptors (Lipinski definition) is 4. The molecule has 1 fully saturated rings. The van der Waals surface area contributed by atoms with E-state index in [9.17, 15) is 3.89 Å². The summed E-state index contributed by atoms with van der Waals surface area (Å²) in [6.45, 7) is 6.15. The van der Waals surface area contributed by atoms with Crippen molar-refractivity contribution in [3.8, 4) is 15.6 Å². The average molecular weight is 455 g/mol. The van der Waals surface area contributed by atoms with Crippen LogP contribution in [-0.2, 0) is 9.31 Å². The van der Waals surface area contributed by atoms with Gasteiger partial charge in [-0.2, -0.15) is 0 Å². The zero-order valence-corrected chi connectivity index (χ0v) is 16.3. The van der Waals surface area contributed by atoms with Gasteiger partial charge in [-0.1, -0.05) is 0 Å². The predicted molar refractivity (Wildman–Crippen MR) is 90.2 cm³/mol. The van der Waals surface area contributed by atoms with Gasteiger partial charge in [0.05, 0.1) is 0 Å². The molecule has 2 aliphatic rings. The second-order valence-electron chi connectivity index (χ2n) is 6.37. The molecular formula is C17H14BFIO3S-. The fraction of sp³-hybridized carbons (Fsp3) is 0.294. The minimum absolute atomic E-state index is 0.168. The van der Waals surface area contributed by atoms with Gasteiger partial charge >= 0.3 is 156 Å². The molecule has 7 heteroatoms. The molecular weight excluding hydrogens is 441 g/mol. The fourth-order valence-electron chi connectivity index (χ4n) is 2.98. The zero-order valence-electron chi connectivity index (χ0n) is 13.4. The Morgan fingerprint density at radius 3 is 2.88 bits per heavy atom. The summed E-state index contributed by atoms with van der Waals surface area (Å²) in [5.74, 6) is 3.74. The summed E-state index contributed by atoms with van der Waals surface area (Å²) in [5.41, 5.74) is 1.34. The molecule has 4 rings (SSSR count). The van der Waals surface area contributed by atoms with E-state index in [-0.39, 0.29) is 12.4 Å². The quantitative estimate of drug-likeness (QED) is 0.216. The van der Waals surface area contributed by atoms with E-state index in [0.717, 1.165) is 21.8 Å². The normalized spacial score (nSPS) is 24.2. The Hall–Kier alpha value is -0.945. The van der Waals surface area contributed by atoms with Crippen LogP contribution in [0.4, 0.5) is 3.89 Å². The van der Waals surface area contributed by atoms with Gasteiger partial charge in [-0.05, 0) is 0 Å². The van der Waals surface area contributed by atoms with Crippen molar-refractivity contribution < 1.29 is 38.6 Å². The monoisotopic (exact) mass is 455 g/mol. The van der Waals surface area contributed by atoms with E-state index in [1.54, 1.807) is 6.07 Å². The molecule has 0 radical (unpaired) electrons. The Kier molecular flexibility index (Phi) is 3.99. The van der Waals surface area contributed by atoms with Crippen molar-refractivity contribution >= 4 is 35.8 Å². The summed E-state index contributed by atoms with van der Waals surface area (Å²) in [5, 5.41) is 1.92. The standard InChI is InChI=1S/C17H14BFIO3S/c1-16(2)17(3)20-8-7-11-5-4-6-12-9-13(21-24-19)10-14(15(11)12)18(22-16)23-17/h4-6,9-10H,1-3H3/q-1. The van der Waals surface area contributed by atoms with Gasteiger partial charge in [0.2, 0.25) is 0 Å². The molecule has 1 saturated heterocycles. The van der Waals surface area contributed by atoms with Crippen LogP contribution in [0.25, 0.3) is 10.8 Å².